The molecule has 3 aromatic heterocycles. The quantitative estimate of drug-likeness (QED) is 0.614. The number of nitrogens with one attached hydrogen (secondary N) is 1. The third kappa shape index (κ3) is 2.15. The predicted molar refractivity (Wildman–Crippen MR) is 88.6 cm³/mol. The van der Waals surface area contributed by atoms with E-state index in [1.54, 1.807) is 36.7 Å². The van der Waals surface area contributed by atoms with Gasteiger partial charge in [0.05, 0.1) is 29.2 Å². The maximum atomic E-state index is 12.7. The zero-order valence-corrected chi connectivity index (χ0v) is 12.8. The van der Waals surface area contributed by atoms with E-state index in [9.17, 15) is 4.79 Å². The van der Waals surface area contributed by atoms with Crippen molar-refractivity contribution >= 4 is 33.4 Å². The van der Waals surface area contributed by atoms with Crippen LogP contribution in [0.4, 0.5) is 0 Å². The molecule has 4 rings (SSSR count). The lowest BCUT2D eigenvalue weighted by Gasteiger charge is -2.03. The Kier molecular flexibility index (Phi) is 3.06. The molecule has 0 bridgehead atoms. The first-order valence-corrected chi connectivity index (χ1v) is 7.24. The monoisotopic (exact) mass is 326 g/mol. The van der Waals surface area contributed by atoms with Gasteiger partial charge in [-0.25, -0.2) is 9.67 Å². The van der Waals surface area contributed by atoms with Crippen molar-refractivity contribution in [3.8, 4) is 11.6 Å². The second kappa shape index (κ2) is 5.10. The van der Waals surface area contributed by atoms with Gasteiger partial charge in [0.25, 0.3) is 5.56 Å². The molecule has 6 nitrogen and oxygen atoms in total. The third-order valence-corrected chi connectivity index (χ3v) is 3.91. The largest absolute Gasteiger partial charge is 0.481 e. The lowest BCUT2D eigenvalue weighted by molar-refractivity contribution is 0.397. The summed E-state index contributed by atoms with van der Waals surface area (Å²) >= 11 is 6.07. The summed E-state index contributed by atoms with van der Waals surface area (Å²) in [4.78, 5) is 21.0. The normalized spacial score (nSPS) is 11.2. The maximum Gasteiger partial charge on any atom is 0.280 e. The van der Waals surface area contributed by atoms with Gasteiger partial charge in [-0.1, -0.05) is 11.6 Å². The molecule has 0 aliphatic rings. The molecule has 0 radical (unpaired) electrons. The SMILES string of the molecule is COc1cc(-n2[nH]c3c(cnc4ccc(Cl)cc43)c2=O)ccn1. The first-order valence-electron chi connectivity index (χ1n) is 6.87. The van der Waals surface area contributed by atoms with Crippen molar-refractivity contribution in [3.05, 3.63) is 58.1 Å². The number of hydrogen-bond acceptors (Lipinski definition) is 4. The van der Waals surface area contributed by atoms with Crippen LogP contribution in [0.15, 0.2) is 47.5 Å². The van der Waals surface area contributed by atoms with Gasteiger partial charge in [-0.15, -0.1) is 0 Å². The van der Waals surface area contributed by atoms with Gasteiger partial charge in [0.15, 0.2) is 0 Å². The zero-order chi connectivity index (χ0) is 16.0. The molecular weight excluding hydrogens is 316 g/mol. The minimum absolute atomic E-state index is 0.192. The molecule has 0 aliphatic heterocycles. The van der Waals surface area contributed by atoms with Gasteiger partial charge in [0.1, 0.15) is 0 Å². The summed E-state index contributed by atoms with van der Waals surface area (Å²) in [7, 11) is 1.53. The van der Waals surface area contributed by atoms with Crippen LogP contribution in [-0.2, 0) is 0 Å². The molecule has 0 fully saturated rings. The minimum Gasteiger partial charge on any atom is -0.481 e. The number of benzene rings is 1. The molecule has 0 unspecified atom stereocenters. The standard InChI is InChI=1S/C16H11ClN4O2/c1-23-14-7-10(4-5-18-14)21-16(22)12-8-19-13-3-2-9(17)6-11(13)15(12)20-21/h2-8,20H,1H3. The van der Waals surface area contributed by atoms with Crippen molar-refractivity contribution in [2.75, 3.05) is 7.11 Å². The molecule has 3 heterocycles. The van der Waals surface area contributed by atoms with Crippen LogP contribution in [0, 0.1) is 0 Å². The second-order valence-electron chi connectivity index (χ2n) is 5.02. The number of ether oxygens (including phenoxy) is 1. The average Bonchev–Trinajstić information content (AvgIpc) is 2.92. The van der Waals surface area contributed by atoms with Crippen LogP contribution in [-0.4, -0.2) is 26.9 Å². The van der Waals surface area contributed by atoms with Crippen molar-refractivity contribution in [1.29, 1.82) is 0 Å². The van der Waals surface area contributed by atoms with Gasteiger partial charge >= 0.3 is 0 Å². The molecule has 0 spiro atoms. The molecule has 0 saturated heterocycles. The number of H-pyrrole nitrogens is 1. The molecular formula is C16H11ClN4O2. The highest BCUT2D eigenvalue weighted by Gasteiger charge is 2.12. The Balaban J connectivity index is 2.05. The molecule has 23 heavy (non-hydrogen) atoms. The van der Waals surface area contributed by atoms with E-state index in [1.807, 2.05) is 6.07 Å². The van der Waals surface area contributed by atoms with Gasteiger partial charge in [0, 0.05) is 28.9 Å². The molecule has 7 heteroatoms. The van der Waals surface area contributed by atoms with E-state index in [0.29, 0.717) is 27.5 Å². The van der Waals surface area contributed by atoms with Crippen LogP contribution < -0.4 is 10.3 Å². The minimum atomic E-state index is -0.192. The number of aromatic nitrogens is 4. The van der Waals surface area contributed by atoms with E-state index in [-0.39, 0.29) is 5.56 Å². The smallest absolute Gasteiger partial charge is 0.280 e. The van der Waals surface area contributed by atoms with Gasteiger partial charge in [-0.3, -0.25) is 14.9 Å². The zero-order valence-electron chi connectivity index (χ0n) is 12.1. The molecule has 0 amide bonds. The number of rotatable bonds is 2. The number of aromatic amines is 1. The molecule has 1 N–H and O–H groups in total. The molecule has 4 aromatic rings. The third-order valence-electron chi connectivity index (χ3n) is 3.67. The number of pyridine rings is 2. The molecule has 1 aromatic carbocycles. The number of fused-ring (bicyclic) bond motifs is 3. The first-order chi connectivity index (χ1) is 11.2. The Labute approximate surface area is 135 Å². The Hall–Kier alpha value is -2.86. The van der Waals surface area contributed by atoms with E-state index < -0.39 is 0 Å². The summed E-state index contributed by atoms with van der Waals surface area (Å²) in [5.41, 5.74) is 1.90. The Morgan fingerprint density at radius 1 is 1.17 bits per heavy atom. The molecule has 0 atom stereocenters. The summed E-state index contributed by atoms with van der Waals surface area (Å²) in [5.74, 6) is 0.430. The average molecular weight is 327 g/mol. The summed E-state index contributed by atoms with van der Waals surface area (Å²) < 4.78 is 6.55. The lowest BCUT2D eigenvalue weighted by Crippen LogP contribution is -2.14. The van der Waals surface area contributed by atoms with Crippen LogP contribution >= 0.6 is 11.6 Å². The van der Waals surface area contributed by atoms with Gasteiger partial charge < -0.3 is 4.74 Å². The number of methoxy groups -OCH3 is 1. The summed E-state index contributed by atoms with van der Waals surface area (Å²) in [5, 5.41) is 5.01. The number of hydrogen-bond donors (Lipinski definition) is 1. The fourth-order valence-corrected chi connectivity index (χ4v) is 2.73. The van der Waals surface area contributed by atoms with Crippen molar-refractivity contribution in [2.24, 2.45) is 0 Å². The second-order valence-corrected chi connectivity index (χ2v) is 5.45. The van der Waals surface area contributed by atoms with Gasteiger partial charge in [0.2, 0.25) is 5.88 Å². The van der Waals surface area contributed by atoms with Crippen molar-refractivity contribution in [2.45, 2.75) is 0 Å². The van der Waals surface area contributed by atoms with Gasteiger partial charge in [-0.2, -0.15) is 0 Å². The van der Waals surface area contributed by atoms with E-state index in [0.717, 1.165) is 10.9 Å². The maximum absolute atomic E-state index is 12.7. The van der Waals surface area contributed by atoms with Crippen LogP contribution in [0.3, 0.4) is 0 Å². The fourth-order valence-electron chi connectivity index (χ4n) is 2.56. The topological polar surface area (TPSA) is 72.8 Å². The Bertz CT molecular complexity index is 1100. The fraction of sp³-hybridized carbons (Fsp3) is 0.0625. The van der Waals surface area contributed by atoms with E-state index in [4.69, 9.17) is 16.3 Å². The van der Waals surface area contributed by atoms with E-state index >= 15 is 0 Å². The van der Waals surface area contributed by atoms with Crippen molar-refractivity contribution < 1.29 is 4.74 Å². The summed E-state index contributed by atoms with van der Waals surface area (Å²) in [6, 6.07) is 8.79. The molecule has 114 valence electrons. The first kappa shape index (κ1) is 13.8. The van der Waals surface area contributed by atoms with Crippen molar-refractivity contribution in [1.82, 2.24) is 19.7 Å². The highest BCUT2D eigenvalue weighted by atomic mass is 35.5. The van der Waals surface area contributed by atoms with Crippen molar-refractivity contribution in [3.63, 3.8) is 0 Å². The van der Waals surface area contributed by atoms with Gasteiger partial charge in [-0.05, 0) is 24.3 Å². The highest BCUT2D eigenvalue weighted by Crippen LogP contribution is 2.24. The van der Waals surface area contributed by atoms with Crippen LogP contribution in [0.2, 0.25) is 5.02 Å². The number of nitrogens with zero attached hydrogens (tertiary/aromatic N) is 3. The van der Waals surface area contributed by atoms with Crippen LogP contribution in [0.25, 0.3) is 27.5 Å². The van der Waals surface area contributed by atoms with Crippen LogP contribution in [0.1, 0.15) is 0 Å². The molecule has 0 aliphatic carbocycles. The highest BCUT2D eigenvalue weighted by molar-refractivity contribution is 6.31. The Morgan fingerprint density at radius 2 is 2.04 bits per heavy atom. The predicted octanol–water partition coefficient (Wildman–Crippen LogP) is 2.92. The van der Waals surface area contributed by atoms with Crippen LogP contribution in [0.5, 0.6) is 5.88 Å². The van der Waals surface area contributed by atoms with E-state index in [1.165, 1.54) is 11.8 Å². The summed E-state index contributed by atoms with van der Waals surface area (Å²) in [6.45, 7) is 0. The lowest BCUT2D eigenvalue weighted by atomic mass is 10.2. The summed E-state index contributed by atoms with van der Waals surface area (Å²) in [6.07, 6.45) is 3.15. The van der Waals surface area contributed by atoms with E-state index in [2.05, 4.69) is 15.1 Å². The number of halogens is 1. The Morgan fingerprint density at radius 3 is 2.87 bits per heavy atom. The molecule has 0 saturated carbocycles.